The van der Waals surface area contributed by atoms with Crippen molar-refractivity contribution < 1.29 is 75.7 Å². The fourth-order valence-corrected chi connectivity index (χ4v) is 3.47. The quantitative estimate of drug-likeness (QED) is 0.190. The smallest absolute Gasteiger partial charge is 0.203 e. The van der Waals surface area contributed by atoms with Crippen LogP contribution >= 0.6 is 0 Å². The first kappa shape index (κ1) is 46.5. The van der Waals surface area contributed by atoms with Crippen molar-refractivity contribution >= 4 is 34.7 Å². The number of hydrogen-bond acceptors (Lipinski definition) is 6. The largest absolute Gasteiger partial charge is 0.291 e. The van der Waals surface area contributed by atoms with Crippen LogP contribution < -0.4 is 0 Å². The van der Waals surface area contributed by atoms with Crippen LogP contribution in [0.5, 0.6) is 0 Å². The topological polar surface area (TPSA) is 102 Å². The number of carbonyl (C=O) groups is 6. The van der Waals surface area contributed by atoms with Gasteiger partial charge in [-0.15, -0.1) is 0 Å². The predicted octanol–water partition coefficient (Wildman–Crippen LogP) is 7.82. The van der Waals surface area contributed by atoms with E-state index in [1.165, 1.54) is 0 Å². The molecule has 0 radical (unpaired) electrons. The Balaban J connectivity index is -0.000000240. The molecule has 0 rings (SSSR count). The molecule has 3 atom stereocenters. The summed E-state index contributed by atoms with van der Waals surface area (Å²) in [6.07, 6.45) is 5.26. The summed E-state index contributed by atoms with van der Waals surface area (Å²) in [7, 11) is 0. The van der Waals surface area contributed by atoms with Gasteiger partial charge in [-0.1, -0.05) is 123 Å². The third kappa shape index (κ3) is 19.6. The molecule has 0 heterocycles. The molecule has 0 N–H and O–H groups in total. The molecule has 0 amide bonds. The molecule has 0 saturated carbocycles. The molecule has 0 aliphatic heterocycles. The Morgan fingerprint density at radius 3 is 0.675 bits per heavy atom. The maximum absolute atomic E-state index is 11.5. The van der Waals surface area contributed by atoms with Gasteiger partial charge in [-0.2, -0.15) is 0 Å². The van der Waals surface area contributed by atoms with E-state index in [1.807, 2.05) is 41.5 Å². The first-order chi connectivity index (χ1) is 17.4. The Kier molecular flexibility index (Phi) is 24.7. The summed E-state index contributed by atoms with van der Waals surface area (Å²) < 4.78 is 0. The van der Waals surface area contributed by atoms with Crippen molar-refractivity contribution in [3.8, 4) is 0 Å². The van der Waals surface area contributed by atoms with Crippen LogP contribution in [0.2, 0.25) is 0 Å². The molecule has 3 unspecified atom stereocenters. The predicted molar refractivity (Wildman–Crippen MR) is 161 cm³/mol. The third-order valence-electron chi connectivity index (χ3n) is 6.22. The van der Waals surface area contributed by atoms with Crippen molar-refractivity contribution in [2.24, 2.45) is 34.0 Å². The number of rotatable bonds is 12. The van der Waals surface area contributed by atoms with Crippen molar-refractivity contribution in [3.05, 3.63) is 0 Å². The first-order valence-corrected chi connectivity index (χ1v) is 14.7. The van der Waals surface area contributed by atoms with Crippen molar-refractivity contribution in [1.29, 1.82) is 0 Å². The summed E-state index contributed by atoms with van der Waals surface area (Å²) in [5.74, 6) is -1.71. The molecule has 0 aliphatic rings. The molecule has 0 aromatic heterocycles. The molecule has 0 aliphatic carbocycles. The van der Waals surface area contributed by atoms with Gasteiger partial charge in [-0.3, -0.25) is 28.8 Å². The van der Waals surface area contributed by atoms with Gasteiger partial charge in [0.15, 0.2) is 0 Å². The minimum atomic E-state index is -0.529. The van der Waals surface area contributed by atoms with Crippen LogP contribution in [0.25, 0.3) is 0 Å². The minimum absolute atomic E-state index is 0. The van der Waals surface area contributed by atoms with Gasteiger partial charge in [-0.25, -0.2) is 0 Å². The molecule has 0 bridgehead atoms. The van der Waals surface area contributed by atoms with E-state index >= 15 is 0 Å². The molecule has 242 valence electrons. The zero-order valence-corrected chi connectivity index (χ0v) is 29.9. The Morgan fingerprint density at radius 1 is 0.425 bits per heavy atom. The Labute approximate surface area is 284 Å². The van der Waals surface area contributed by atoms with E-state index in [0.29, 0.717) is 0 Å². The van der Waals surface area contributed by atoms with Crippen LogP contribution in [0.15, 0.2) is 0 Å². The van der Waals surface area contributed by atoms with Gasteiger partial charge in [-0.05, 0) is 19.3 Å². The van der Waals surface area contributed by atoms with Crippen molar-refractivity contribution in [2.45, 2.75) is 142 Å². The Hall–Kier alpha value is -0.461. The van der Waals surface area contributed by atoms with Gasteiger partial charge < -0.3 is 0 Å². The van der Waals surface area contributed by atoms with E-state index in [-0.39, 0.29) is 99.4 Å². The minimum Gasteiger partial charge on any atom is -0.291 e. The molecule has 0 saturated heterocycles. The third-order valence-corrected chi connectivity index (χ3v) is 6.22. The fourth-order valence-electron chi connectivity index (χ4n) is 3.47. The SMILES string of the molecule is CCCC(C)C(=O)C(=O)C(C)(C)C.CCCC(C)C(=O)C(=O)C(C)(C)C.CCCC(C)C(=O)C(=O)C(C)(C)C.[Yb]. The second kappa shape index (κ2) is 21.3. The van der Waals surface area contributed by atoms with Crippen LogP contribution in [0.1, 0.15) is 142 Å². The first-order valence-electron chi connectivity index (χ1n) is 14.7. The average Bonchev–Trinajstić information content (AvgIpc) is 2.80. The second-order valence-electron chi connectivity index (χ2n) is 13.9. The Morgan fingerprint density at radius 2 is 0.575 bits per heavy atom. The molecule has 0 spiro atoms. The summed E-state index contributed by atoms with van der Waals surface area (Å²) in [6, 6.07) is 0. The molecule has 0 aromatic carbocycles. The van der Waals surface area contributed by atoms with Crippen LogP contribution in [-0.4, -0.2) is 34.7 Å². The molecular formula is C33H60O6Yb. The van der Waals surface area contributed by atoms with Crippen LogP contribution in [0.3, 0.4) is 0 Å². The monoisotopic (exact) mass is 726 g/mol. The summed E-state index contributed by atoms with van der Waals surface area (Å²) in [5, 5.41) is 0. The van der Waals surface area contributed by atoms with Gasteiger partial charge in [0, 0.05) is 80.9 Å². The summed E-state index contributed by atoms with van der Waals surface area (Å²) in [5.41, 5.74) is -1.59. The maximum Gasteiger partial charge on any atom is 0.203 e. The van der Waals surface area contributed by atoms with Gasteiger partial charge >= 0.3 is 0 Å². The number of ketones is 6. The van der Waals surface area contributed by atoms with Gasteiger partial charge in [0.2, 0.25) is 34.7 Å². The number of hydrogen-bond donors (Lipinski definition) is 0. The molecule has 7 heteroatoms. The Bertz CT molecular complexity index is 712. The van der Waals surface area contributed by atoms with Crippen LogP contribution in [-0.2, 0) is 28.8 Å². The number of carbonyl (C=O) groups excluding carboxylic acids is 6. The normalized spacial score (nSPS) is 13.6. The van der Waals surface area contributed by atoms with E-state index in [2.05, 4.69) is 0 Å². The van der Waals surface area contributed by atoms with Gasteiger partial charge in [0.25, 0.3) is 0 Å². The van der Waals surface area contributed by atoms with Crippen LogP contribution in [0, 0.1) is 80.9 Å². The standard InChI is InChI=1S/3C11H20O2.Yb/c3*1-6-7-8(2)9(12)10(13)11(3,4)5;/h3*8H,6-7H2,1-5H3;. The molecule has 0 fully saturated rings. The van der Waals surface area contributed by atoms with E-state index in [0.717, 1.165) is 38.5 Å². The van der Waals surface area contributed by atoms with Gasteiger partial charge in [0.1, 0.15) is 0 Å². The van der Waals surface area contributed by atoms with E-state index < -0.39 is 16.2 Å². The zero-order chi connectivity index (χ0) is 31.9. The maximum atomic E-state index is 11.5. The number of Topliss-reactive ketones (excluding diaryl/α,β-unsaturated/α-hetero) is 6. The van der Waals surface area contributed by atoms with Gasteiger partial charge in [0.05, 0.1) is 0 Å². The second-order valence-corrected chi connectivity index (χ2v) is 13.9. The molecular weight excluding hydrogens is 665 g/mol. The summed E-state index contributed by atoms with van der Waals surface area (Å²) in [6.45, 7) is 27.6. The van der Waals surface area contributed by atoms with Crippen molar-refractivity contribution in [3.63, 3.8) is 0 Å². The fraction of sp³-hybridized carbons (Fsp3) is 0.818. The molecule has 40 heavy (non-hydrogen) atoms. The van der Waals surface area contributed by atoms with E-state index in [9.17, 15) is 28.8 Å². The van der Waals surface area contributed by atoms with E-state index in [1.54, 1.807) is 62.3 Å². The zero-order valence-electron chi connectivity index (χ0n) is 28.2. The van der Waals surface area contributed by atoms with Crippen molar-refractivity contribution in [2.75, 3.05) is 0 Å². The molecule has 0 aromatic rings. The summed E-state index contributed by atoms with van der Waals surface area (Å²) in [4.78, 5) is 69.2. The molecule has 6 nitrogen and oxygen atoms in total. The van der Waals surface area contributed by atoms with E-state index in [4.69, 9.17) is 0 Å². The van der Waals surface area contributed by atoms with Crippen molar-refractivity contribution in [1.82, 2.24) is 0 Å². The summed E-state index contributed by atoms with van der Waals surface area (Å²) >= 11 is 0. The average molecular weight is 726 g/mol. The van der Waals surface area contributed by atoms with Crippen LogP contribution in [0.4, 0.5) is 0 Å².